The summed E-state index contributed by atoms with van der Waals surface area (Å²) in [6, 6.07) is 0. The van der Waals surface area contributed by atoms with Gasteiger partial charge in [0.25, 0.3) is 0 Å². The summed E-state index contributed by atoms with van der Waals surface area (Å²) in [4.78, 5) is 10.9. The van der Waals surface area contributed by atoms with Gasteiger partial charge in [0, 0.05) is 25.0 Å². The molecular formula is C15H28N4S. The van der Waals surface area contributed by atoms with Gasteiger partial charge in [-0.05, 0) is 52.4 Å². The summed E-state index contributed by atoms with van der Waals surface area (Å²) in [5, 5.41) is 4.57. The Morgan fingerprint density at radius 3 is 2.75 bits per heavy atom. The van der Waals surface area contributed by atoms with Crippen LogP contribution in [-0.4, -0.2) is 50.2 Å². The van der Waals surface area contributed by atoms with Crippen molar-refractivity contribution in [3.05, 3.63) is 10.6 Å². The quantitative estimate of drug-likeness (QED) is 0.873. The molecule has 0 aliphatic carbocycles. The second kappa shape index (κ2) is 7.38. The van der Waals surface area contributed by atoms with Crippen molar-refractivity contribution >= 4 is 16.5 Å². The van der Waals surface area contributed by atoms with Gasteiger partial charge >= 0.3 is 0 Å². The Labute approximate surface area is 127 Å². The molecule has 0 aromatic carbocycles. The van der Waals surface area contributed by atoms with Crippen LogP contribution < -0.4 is 10.2 Å². The van der Waals surface area contributed by atoms with Crippen LogP contribution in [0.4, 0.5) is 5.13 Å². The van der Waals surface area contributed by atoms with E-state index in [0.29, 0.717) is 0 Å². The first-order valence-electron chi connectivity index (χ1n) is 7.66. The van der Waals surface area contributed by atoms with E-state index in [1.54, 1.807) is 0 Å². The molecule has 1 aromatic heterocycles. The van der Waals surface area contributed by atoms with Crippen LogP contribution in [-0.2, 0) is 6.54 Å². The zero-order chi connectivity index (χ0) is 14.5. The summed E-state index contributed by atoms with van der Waals surface area (Å²) in [6.45, 7) is 9.84. The molecule has 0 radical (unpaired) electrons. The number of nitrogens with one attached hydrogen (secondary N) is 1. The monoisotopic (exact) mass is 296 g/mol. The van der Waals surface area contributed by atoms with Crippen molar-refractivity contribution in [3.63, 3.8) is 0 Å². The Morgan fingerprint density at radius 2 is 2.10 bits per heavy atom. The SMILES string of the molecule is CCNCc1sc(N(C)CC2CCN(C)CC2)nc1C. The van der Waals surface area contributed by atoms with Gasteiger partial charge in [-0.15, -0.1) is 11.3 Å². The maximum atomic E-state index is 4.74. The van der Waals surface area contributed by atoms with E-state index in [4.69, 9.17) is 4.98 Å². The molecule has 0 bridgehead atoms. The molecule has 1 N–H and O–H groups in total. The summed E-state index contributed by atoms with van der Waals surface area (Å²) >= 11 is 1.84. The van der Waals surface area contributed by atoms with Gasteiger partial charge in [-0.25, -0.2) is 4.98 Å². The maximum absolute atomic E-state index is 4.74. The summed E-state index contributed by atoms with van der Waals surface area (Å²) in [7, 11) is 4.41. The molecule has 5 heteroatoms. The molecular weight excluding hydrogens is 268 g/mol. The second-order valence-electron chi connectivity index (χ2n) is 5.91. The van der Waals surface area contributed by atoms with Gasteiger partial charge in [0.1, 0.15) is 0 Å². The first-order chi connectivity index (χ1) is 9.60. The van der Waals surface area contributed by atoms with Gasteiger partial charge < -0.3 is 15.1 Å². The number of hydrogen-bond donors (Lipinski definition) is 1. The molecule has 4 nitrogen and oxygen atoms in total. The van der Waals surface area contributed by atoms with Crippen molar-refractivity contribution in [2.24, 2.45) is 5.92 Å². The van der Waals surface area contributed by atoms with E-state index < -0.39 is 0 Å². The number of nitrogens with zero attached hydrogens (tertiary/aromatic N) is 3. The Kier molecular flexibility index (Phi) is 5.81. The van der Waals surface area contributed by atoms with Gasteiger partial charge in [-0.1, -0.05) is 6.92 Å². The lowest BCUT2D eigenvalue weighted by atomic mass is 9.97. The van der Waals surface area contributed by atoms with Crippen LogP contribution in [0, 0.1) is 12.8 Å². The van der Waals surface area contributed by atoms with Crippen LogP contribution in [0.25, 0.3) is 0 Å². The third-order valence-corrected chi connectivity index (χ3v) is 5.39. The highest BCUT2D eigenvalue weighted by atomic mass is 32.1. The lowest BCUT2D eigenvalue weighted by molar-refractivity contribution is 0.222. The van der Waals surface area contributed by atoms with Gasteiger partial charge in [0.15, 0.2) is 5.13 Å². The molecule has 1 saturated heterocycles. The summed E-state index contributed by atoms with van der Waals surface area (Å²) in [5.74, 6) is 0.817. The third-order valence-electron chi connectivity index (χ3n) is 4.11. The van der Waals surface area contributed by atoms with E-state index >= 15 is 0 Å². The minimum Gasteiger partial charge on any atom is -0.351 e. The van der Waals surface area contributed by atoms with Crippen LogP contribution in [0.2, 0.25) is 0 Å². The maximum Gasteiger partial charge on any atom is 0.185 e. The number of anilines is 1. The van der Waals surface area contributed by atoms with Crippen molar-refractivity contribution in [1.82, 2.24) is 15.2 Å². The van der Waals surface area contributed by atoms with E-state index in [1.807, 2.05) is 11.3 Å². The predicted octanol–water partition coefficient (Wildman–Crippen LogP) is 2.34. The minimum absolute atomic E-state index is 0.817. The fourth-order valence-electron chi connectivity index (χ4n) is 2.69. The number of thiazole rings is 1. The van der Waals surface area contributed by atoms with Gasteiger partial charge in [-0.3, -0.25) is 0 Å². The summed E-state index contributed by atoms with van der Waals surface area (Å²) in [6.07, 6.45) is 2.63. The summed E-state index contributed by atoms with van der Waals surface area (Å²) in [5.41, 5.74) is 1.18. The highest BCUT2D eigenvalue weighted by Gasteiger charge is 2.20. The smallest absolute Gasteiger partial charge is 0.185 e. The highest BCUT2D eigenvalue weighted by Crippen LogP contribution is 2.27. The number of aryl methyl sites for hydroxylation is 1. The Hall–Kier alpha value is -0.650. The van der Waals surface area contributed by atoms with Crippen LogP contribution in [0.5, 0.6) is 0 Å². The molecule has 2 rings (SSSR count). The fourth-order valence-corrected chi connectivity index (χ4v) is 3.69. The van der Waals surface area contributed by atoms with Crippen molar-refractivity contribution in [3.8, 4) is 0 Å². The van der Waals surface area contributed by atoms with Crippen molar-refractivity contribution in [2.45, 2.75) is 33.2 Å². The molecule has 1 fully saturated rings. The topological polar surface area (TPSA) is 31.4 Å². The van der Waals surface area contributed by atoms with E-state index in [9.17, 15) is 0 Å². The highest BCUT2D eigenvalue weighted by molar-refractivity contribution is 7.15. The summed E-state index contributed by atoms with van der Waals surface area (Å²) < 4.78 is 0. The molecule has 20 heavy (non-hydrogen) atoms. The average Bonchev–Trinajstić information content (AvgIpc) is 2.80. The van der Waals surface area contributed by atoms with E-state index in [0.717, 1.165) is 25.6 Å². The van der Waals surface area contributed by atoms with Crippen LogP contribution in [0.15, 0.2) is 0 Å². The second-order valence-corrected chi connectivity index (χ2v) is 6.97. The van der Waals surface area contributed by atoms with Crippen molar-refractivity contribution in [2.75, 3.05) is 45.2 Å². The fraction of sp³-hybridized carbons (Fsp3) is 0.800. The first kappa shape index (κ1) is 15.7. The third kappa shape index (κ3) is 4.17. The van der Waals surface area contributed by atoms with E-state index in [-0.39, 0.29) is 0 Å². The Balaban J connectivity index is 1.90. The molecule has 0 spiro atoms. The van der Waals surface area contributed by atoms with E-state index in [2.05, 4.69) is 43.1 Å². The van der Waals surface area contributed by atoms with Crippen LogP contribution >= 0.6 is 11.3 Å². The molecule has 2 heterocycles. The Morgan fingerprint density at radius 1 is 1.40 bits per heavy atom. The number of piperidine rings is 1. The molecule has 0 atom stereocenters. The van der Waals surface area contributed by atoms with Gasteiger partial charge in [0.2, 0.25) is 0 Å². The molecule has 0 unspecified atom stereocenters. The number of hydrogen-bond acceptors (Lipinski definition) is 5. The number of likely N-dealkylation sites (tertiary alicyclic amines) is 1. The molecule has 0 amide bonds. The normalized spacial score (nSPS) is 17.6. The lowest BCUT2D eigenvalue weighted by Gasteiger charge is -2.31. The van der Waals surface area contributed by atoms with E-state index in [1.165, 1.54) is 41.6 Å². The standard InChI is InChI=1S/C15H28N4S/c1-5-16-10-14-12(2)17-15(20-14)19(4)11-13-6-8-18(3)9-7-13/h13,16H,5-11H2,1-4H3. The zero-order valence-electron chi connectivity index (χ0n) is 13.3. The molecule has 1 aromatic rings. The van der Waals surface area contributed by atoms with Crippen molar-refractivity contribution in [1.29, 1.82) is 0 Å². The van der Waals surface area contributed by atoms with Crippen molar-refractivity contribution < 1.29 is 0 Å². The molecule has 1 aliphatic heterocycles. The lowest BCUT2D eigenvalue weighted by Crippen LogP contribution is -2.35. The largest absolute Gasteiger partial charge is 0.351 e. The average molecular weight is 296 g/mol. The molecule has 1 aliphatic rings. The number of rotatable bonds is 6. The Bertz CT molecular complexity index is 410. The molecule has 114 valence electrons. The van der Waals surface area contributed by atoms with Gasteiger partial charge in [0.05, 0.1) is 5.69 Å². The number of aromatic nitrogens is 1. The van der Waals surface area contributed by atoms with Crippen LogP contribution in [0.1, 0.15) is 30.3 Å². The predicted molar refractivity (Wildman–Crippen MR) is 87.7 cm³/mol. The van der Waals surface area contributed by atoms with Crippen LogP contribution in [0.3, 0.4) is 0 Å². The molecule has 0 saturated carbocycles. The van der Waals surface area contributed by atoms with Gasteiger partial charge in [-0.2, -0.15) is 0 Å². The first-order valence-corrected chi connectivity index (χ1v) is 8.48. The zero-order valence-corrected chi connectivity index (χ0v) is 14.1. The minimum atomic E-state index is 0.817.